The van der Waals surface area contributed by atoms with Gasteiger partial charge in [-0.3, -0.25) is 0 Å². The SMILES string of the molecule is c1ccc(-c2nc(-c3ccccc3)c3sc4cc(-n5c6ccccc6c6cc7c(cc65)oc5ccccc57)ccc4c3n2)cc1.c1ccc(-c2nc(-c3ccccc3)c3sc4cc(-n5c6ccccc6c6ccc7c8ccccc8oc7c65)ccc4c3n2)cc1.c1ccc(-c2nc(-c3ccccc3)c3sc4cc(-n5c6ccccc6c6ccc7oc8ccccc8c7c65)ccc4c3n2)cc1. The van der Waals surface area contributed by atoms with E-state index in [-0.39, 0.29) is 0 Å². The molecule has 12 nitrogen and oxygen atoms in total. The van der Waals surface area contributed by atoms with E-state index >= 15 is 0 Å². The first-order valence-electron chi connectivity index (χ1n) is 45.0. The lowest BCUT2D eigenvalue weighted by atomic mass is 10.1. The third-order valence-electron chi connectivity index (χ3n) is 26.4. The molecule has 15 heteroatoms. The highest BCUT2D eigenvalue weighted by molar-refractivity contribution is 7.27. The number of rotatable bonds is 9. The molecular weight excluding hydrogens is 1710 g/mol. The van der Waals surface area contributed by atoms with Crippen molar-refractivity contribution in [2.45, 2.75) is 0 Å². The van der Waals surface area contributed by atoms with Crippen LogP contribution in [0.4, 0.5) is 0 Å². The molecule has 135 heavy (non-hydrogen) atoms. The van der Waals surface area contributed by atoms with Crippen LogP contribution in [0.3, 0.4) is 0 Å². The van der Waals surface area contributed by atoms with Gasteiger partial charge in [0.05, 0.1) is 86.2 Å². The topological polar surface area (TPSA) is 132 Å². The average molecular weight is 1780 g/mol. The van der Waals surface area contributed by atoms with Gasteiger partial charge in [0.15, 0.2) is 23.1 Å². The largest absolute Gasteiger partial charge is 0.456 e. The molecule has 0 saturated carbocycles. The van der Waals surface area contributed by atoms with E-state index in [0.717, 1.165) is 220 Å². The summed E-state index contributed by atoms with van der Waals surface area (Å²) in [6.45, 7) is 0. The highest BCUT2D eigenvalue weighted by Crippen LogP contribution is 2.50. The first-order chi connectivity index (χ1) is 66.9. The Hall–Kier alpha value is -17.3. The van der Waals surface area contributed by atoms with Crippen LogP contribution >= 0.6 is 34.0 Å². The third-order valence-corrected chi connectivity index (χ3v) is 29.9. The van der Waals surface area contributed by atoms with Crippen molar-refractivity contribution in [3.63, 3.8) is 0 Å². The zero-order valence-corrected chi connectivity index (χ0v) is 74.3. The summed E-state index contributed by atoms with van der Waals surface area (Å²) in [5, 5.41) is 17.5. The van der Waals surface area contributed by atoms with Crippen LogP contribution in [0.5, 0.6) is 0 Å². The molecule has 0 spiro atoms. The van der Waals surface area contributed by atoms with Crippen LogP contribution in [0.1, 0.15) is 0 Å². The van der Waals surface area contributed by atoms with Crippen molar-refractivity contribution in [1.82, 2.24) is 43.6 Å². The summed E-state index contributed by atoms with van der Waals surface area (Å²) >= 11 is 5.27. The molecule has 12 aromatic heterocycles. The van der Waals surface area contributed by atoms with Gasteiger partial charge in [-0.25, -0.2) is 29.9 Å². The van der Waals surface area contributed by atoms with Gasteiger partial charge in [0, 0.05) is 146 Å². The van der Waals surface area contributed by atoms with E-state index in [0.29, 0.717) is 0 Å². The van der Waals surface area contributed by atoms with Gasteiger partial charge in [0.1, 0.15) is 27.9 Å². The quantitative estimate of drug-likeness (QED) is 0.139. The molecule has 0 atom stereocenters. The van der Waals surface area contributed by atoms with Crippen LogP contribution in [-0.4, -0.2) is 43.6 Å². The third kappa shape index (κ3) is 12.3. The second-order valence-corrected chi connectivity index (χ2v) is 37.3. The van der Waals surface area contributed by atoms with E-state index in [2.05, 4.69) is 323 Å². The second kappa shape index (κ2) is 30.6. The van der Waals surface area contributed by atoms with Crippen molar-refractivity contribution >= 4 is 226 Å². The zero-order chi connectivity index (χ0) is 88.5. The van der Waals surface area contributed by atoms with Crippen molar-refractivity contribution in [2.75, 3.05) is 0 Å². The summed E-state index contributed by atoms with van der Waals surface area (Å²) in [6.07, 6.45) is 0. The standard InChI is InChI=1S/3C40H23N3OS/c1-3-11-24(12-4-1)37-39-38(42-40(41-37)25-13-5-2-6-14-25)29-20-19-26(21-36(29)45-39)43-32-17-9-7-15-27(32)30-22-31-28-16-8-10-18-34(28)44-35(31)23-33(30)43;1-3-11-24(12-4-1)36-39-37(42-40(41-36)25-13-5-2-6-14-25)30-20-19-26(23-34(30)45-39)43-31-17-9-7-15-27(31)28-21-22-33-35(38(28)43)29-16-8-10-18-32(29)44-33;1-3-11-24(12-4-1)35-39-36(42-40(41-35)25-13-5-2-6-14-25)31-20-19-26(23-34(31)45-39)43-32-17-9-7-15-27(32)29-21-22-30-28-16-8-10-18-33(28)44-38(30)37(29)43/h3*1-23H. The fraction of sp³-hybridized carbons (Fsp3) is 0. The molecule has 0 aliphatic carbocycles. The molecule has 0 aliphatic heterocycles. The number of hydrogen-bond acceptors (Lipinski definition) is 12. The number of furan rings is 3. The molecule has 0 radical (unpaired) electrons. The maximum Gasteiger partial charge on any atom is 0.160 e. The molecule has 0 bridgehead atoms. The summed E-state index contributed by atoms with van der Waals surface area (Å²) in [7, 11) is 0. The predicted octanol–water partition coefficient (Wildman–Crippen LogP) is 33.5. The summed E-state index contributed by atoms with van der Waals surface area (Å²) in [5.41, 5.74) is 27.7. The van der Waals surface area contributed by atoms with E-state index < -0.39 is 0 Å². The molecule has 0 fully saturated rings. The van der Waals surface area contributed by atoms with Gasteiger partial charge >= 0.3 is 0 Å². The number of aromatic nitrogens is 9. The first kappa shape index (κ1) is 76.5. The highest BCUT2D eigenvalue weighted by atomic mass is 32.1. The number of benzene rings is 18. The van der Waals surface area contributed by atoms with Crippen molar-refractivity contribution in [2.24, 2.45) is 0 Å². The predicted molar refractivity (Wildman–Crippen MR) is 562 cm³/mol. The minimum atomic E-state index is 0.736. The van der Waals surface area contributed by atoms with Crippen molar-refractivity contribution in [1.29, 1.82) is 0 Å². The zero-order valence-electron chi connectivity index (χ0n) is 71.8. The van der Waals surface area contributed by atoms with Crippen molar-refractivity contribution in [3.05, 3.63) is 419 Å². The molecule has 0 saturated heterocycles. The van der Waals surface area contributed by atoms with E-state index in [1.807, 2.05) is 109 Å². The number of fused-ring (bicyclic) bond motifs is 29. The number of nitrogens with zero attached hydrogens (tertiary/aromatic N) is 9. The smallest absolute Gasteiger partial charge is 0.160 e. The Bertz CT molecular complexity index is 10100. The van der Waals surface area contributed by atoms with Crippen LogP contribution in [-0.2, 0) is 0 Å². The number of thiophene rings is 3. The Balaban J connectivity index is 0.000000101. The fourth-order valence-electron chi connectivity index (χ4n) is 20.3. The van der Waals surface area contributed by atoms with Gasteiger partial charge in [-0.2, -0.15) is 0 Å². The second-order valence-electron chi connectivity index (χ2n) is 34.2. The van der Waals surface area contributed by atoms with E-state index in [1.54, 1.807) is 34.0 Å². The van der Waals surface area contributed by atoms with Gasteiger partial charge in [0.25, 0.3) is 0 Å². The van der Waals surface area contributed by atoms with E-state index in [9.17, 15) is 0 Å². The number of para-hydroxylation sites is 6. The summed E-state index contributed by atoms with van der Waals surface area (Å²) < 4.78 is 33.2. The maximum atomic E-state index is 6.58. The van der Waals surface area contributed by atoms with Crippen molar-refractivity contribution in [3.8, 4) is 85.0 Å². The Morgan fingerprint density at radius 2 is 0.519 bits per heavy atom. The van der Waals surface area contributed by atoms with Crippen LogP contribution < -0.4 is 0 Å². The minimum absolute atomic E-state index is 0.736. The molecule has 12 heterocycles. The lowest BCUT2D eigenvalue weighted by Crippen LogP contribution is -1.94. The molecule has 0 amide bonds. The molecule has 0 N–H and O–H groups in total. The Morgan fingerprint density at radius 3 is 0.978 bits per heavy atom. The van der Waals surface area contributed by atoms with Crippen LogP contribution in [0, 0.1) is 0 Å². The van der Waals surface area contributed by atoms with Gasteiger partial charge in [0.2, 0.25) is 0 Å². The van der Waals surface area contributed by atoms with Crippen LogP contribution in [0.15, 0.2) is 432 Å². The lowest BCUT2D eigenvalue weighted by molar-refractivity contribution is 0.669. The molecule has 0 aliphatic rings. The monoisotopic (exact) mass is 1780 g/mol. The normalized spacial score (nSPS) is 12.0. The Labute approximate surface area is 780 Å². The van der Waals surface area contributed by atoms with Gasteiger partial charge in [-0.1, -0.05) is 297 Å². The average Bonchev–Trinajstić information content (AvgIpc) is 1.56. The van der Waals surface area contributed by atoms with Gasteiger partial charge in [-0.05, 0) is 115 Å². The van der Waals surface area contributed by atoms with Crippen LogP contribution in [0.2, 0.25) is 0 Å². The lowest BCUT2D eigenvalue weighted by Gasteiger charge is -2.09. The molecule has 18 aromatic carbocycles. The van der Waals surface area contributed by atoms with E-state index in [4.69, 9.17) is 43.2 Å². The first-order valence-corrected chi connectivity index (χ1v) is 47.5. The minimum Gasteiger partial charge on any atom is -0.456 e. The fourth-order valence-corrected chi connectivity index (χ4v) is 23.9. The molecule has 630 valence electrons. The summed E-state index contributed by atoms with van der Waals surface area (Å²) in [5.74, 6) is 2.21. The van der Waals surface area contributed by atoms with Gasteiger partial charge in [-0.15, -0.1) is 34.0 Å². The Kier molecular flexibility index (Phi) is 17.4. The Morgan fingerprint density at radius 1 is 0.193 bits per heavy atom. The van der Waals surface area contributed by atoms with Gasteiger partial charge < -0.3 is 27.0 Å². The molecule has 30 rings (SSSR count). The van der Waals surface area contributed by atoms with E-state index in [1.165, 1.54) is 57.5 Å². The van der Waals surface area contributed by atoms with Crippen molar-refractivity contribution < 1.29 is 13.3 Å². The maximum absolute atomic E-state index is 6.58. The number of hydrogen-bond donors (Lipinski definition) is 0. The molecule has 0 unspecified atom stereocenters. The molecular formula is C120H69N9O3S3. The summed E-state index contributed by atoms with van der Waals surface area (Å²) in [6, 6.07) is 146. The highest BCUT2D eigenvalue weighted by Gasteiger charge is 2.27. The molecule has 30 aromatic rings. The van der Waals surface area contributed by atoms with Crippen LogP contribution in [0.25, 0.3) is 277 Å². The summed E-state index contributed by atoms with van der Waals surface area (Å²) in [4.78, 5) is 30.8.